The number of nitrogens with zero attached hydrogens (tertiary/aromatic N) is 4. The van der Waals surface area contributed by atoms with Crippen molar-refractivity contribution in [3.63, 3.8) is 0 Å². The number of tetrazole rings is 1. The minimum atomic E-state index is -0.202. The molecule has 0 atom stereocenters. The molecular formula is C17H17N5O2. The Morgan fingerprint density at radius 1 is 1.17 bits per heavy atom. The zero-order valence-electron chi connectivity index (χ0n) is 13.4. The Kier molecular flexibility index (Phi) is 4.51. The maximum absolute atomic E-state index is 12.6. The number of amides is 1. The van der Waals surface area contributed by atoms with Gasteiger partial charge in [0.2, 0.25) is 0 Å². The van der Waals surface area contributed by atoms with E-state index in [-0.39, 0.29) is 5.91 Å². The van der Waals surface area contributed by atoms with Crippen LogP contribution in [0.4, 0.5) is 0 Å². The van der Waals surface area contributed by atoms with Gasteiger partial charge in [-0.3, -0.25) is 4.79 Å². The van der Waals surface area contributed by atoms with Gasteiger partial charge in [0.15, 0.2) is 5.82 Å². The molecule has 3 rings (SSSR count). The molecule has 2 aromatic carbocycles. The summed E-state index contributed by atoms with van der Waals surface area (Å²) in [7, 11) is 1.61. The molecule has 0 fully saturated rings. The monoisotopic (exact) mass is 323 g/mol. The number of para-hydroxylation sites is 2. The quantitative estimate of drug-likeness (QED) is 0.775. The lowest BCUT2D eigenvalue weighted by atomic mass is 10.1. The average Bonchev–Trinajstić information content (AvgIpc) is 3.05. The van der Waals surface area contributed by atoms with Crippen LogP contribution in [0.1, 0.15) is 21.7 Å². The van der Waals surface area contributed by atoms with E-state index < -0.39 is 0 Å². The molecule has 1 aromatic heterocycles. The van der Waals surface area contributed by atoms with E-state index in [9.17, 15) is 4.79 Å². The molecule has 24 heavy (non-hydrogen) atoms. The van der Waals surface area contributed by atoms with Gasteiger partial charge < -0.3 is 10.1 Å². The van der Waals surface area contributed by atoms with Crippen molar-refractivity contribution in [2.75, 3.05) is 7.11 Å². The molecule has 0 spiro atoms. The number of benzene rings is 2. The van der Waals surface area contributed by atoms with Crippen LogP contribution < -0.4 is 10.1 Å². The highest BCUT2D eigenvalue weighted by Gasteiger charge is 2.15. The van der Waals surface area contributed by atoms with Crippen LogP contribution in [0.2, 0.25) is 0 Å². The lowest BCUT2D eigenvalue weighted by molar-refractivity contribution is 0.0950. The number of nitrogens with one attached hydrogen (secondary N) is 1. The normalized spacial score (nSPS) is 10.4. The molecule has 7 nitrogen and oxygen atoms in total. The van der Waals surface area contributed by atoms with Crippen LogP contribution in [0.3, 0.4) is 0 Å². The Morgan fingerprint density at radius 3 is 2.67 bits per heavy atom. The molecule has 0 radical (unpaired) electrons. The van der Waals surface area contributed by atoms with E-state index in [0.29, 0.717) is 23.6 Å². The molecule has 0 saturated heterocycles. The van der Waals surface area contributed by atoms with E-state index in [1.165, 1.54) is 4.68 Å². The molecule has 3 aromatic rings. The molecule has 0 aliphatic rings. The van der Waals surface area contributed by atoms with E-state index in [4.69, 9.17) is 4.74 Å². The van der Waals surface area contributed by atoms with Crippen molar-refractivity contribution in [1.29, 1.82) is 0 Å². The van der Waals surface area contributed by atoms with Crippen LogP contribution in [-0.2, 0) is 6.54 Å². The Hall–Kier alpha value is -3.22. The first kappa shape index (κ1) is 15.7. The van der Waals surface area contributed by atoms with Crippen LogP contribution in [0.5, 0.6) is 5.75 Å². The molecule has 0 unspecified atom stereocenters. The molecule has 1 amide bonds. The van der Waals surface area contributed by atoms with Crippen molar-refractivity contribution in [2.45, 2.75) is 13.5 Å². The number of carbonyl (C=O) groups is 1. The van der Waals surface area contributed by atoms with Crippen molar-refractivity contribution < 1.29 is 9.53 Å². The van der Waals surface area contributed by atoms with Gasteiger partial charge in [0.05, 0.1) is 18.4 Å². The summed E-state index contributed by atoms with van der Waals surface area (Å²) < 4.78 is 6.84. The van der Waals surface area contributed by atoms with E-state index in [0.717, 1.165) is 11.3 Å². The zero-order chi connectivity index (χ0) is 16.9. The van der Waals surface area contributed by atoms with E-state index in [2.05, 4.69) is 20.8 Å². The number of methoxy groups -OCH3 is 1. The summed E-state index contributed by atoms with van der Waals surface area (Å²) in [6.45, 7) is 2.15. The summed E-state index contributed by atoms with van der Waals surface area (Å²) in [6, 6.07) is 14.8. The minimum Gasteiger partial charge on any atom is -0.496 e. The van der Waals surface area contributed by atoms with E-state index in [1.807, 2.05) is 30.3 Å². The van der Waals surface area contributed by atoms with Crippen LogP contribution in [0, 0.1) is 6.92 Å². The van der Waals surface area contributed by atoms with Gasteiger partial charge in [-0.05, 0) is 35.5 Å². The molecule has 1 heterocycles. The summed E-state index contributed by atoms with van der Waals surface area (Å²) in [5.41, 5.74) is 2.05. The second-order valence-corrected chi connectivity index (χ2v) is 5.15. The largest absolute Gasteiger partial charge is 0.496 e. The van der Waals surface area contributed by atoms with Crippen LogP contribution in [0.15, 0.2) is 48.5 Å². The molecule has 1 N–H and O–H groups in total. The number of hydrogen-bond donors (Lipinski definition) is 1. The third-order valence-corrected chi connectivity index (χ3v) is 3.63. The van der Waals surface area contributed by atoms with Crippen molar-refractivity contribution in [3.05, 3.63) is 65.5 Å². The van der Waals surface area contributed by atoms with E-state index in [1.54, 1.807) is 32.2 Å². The first-order valence-corrected chi connectivity index (χ1v) is 7.45. The maximum atomic E-state index is 12.6. The highest BCUT2D eigenvalue weighted by Crippen LogP contribution is 2.18. The van der Waals surface area contributed by atoms with Gasteiger partial charge in [-0.1, -0.05) is 30.3 Å². The predicted octanol–water partition coefficient (Wildman–Crippen LogP) is 1.91. The van der Waals surface area contributed by atoms with Crippen LogP contribution in [-0.4, -0.2) is 33.2 Å². The fraction of sp³-hybridized carbons (Fsp3) is 0.176. The second kappa shape index (κ2) is 6.91. The highest BCUT2D eigenvalue weighted by molar-refractivity contribution is 5.97. The Morgan fingerprint density at radius 2 is 1.92 bits per heavy atom. The van der Waals surface area contributed by atoms with Gasteiger partial charge in [-0.2, -0.15) is 4.68 Å². The number of carbonyl (C=O) groups excluding carboxylic acids is 1. The lowest BCUT2D eigenvalue weighted by Gasteiger charge is -2.12. The summed E-state index contributed by atoms with van der Waals surface area (Å²) in [6.07, 6.45) is 0. The van der Waals surface area contributed by atoms with Gasteiger partial charge >= 0.3 is 0 Å². The van der Waals surface area contributed by atoms with Crippen molar-refractivity contribution in [3.8, 4) is 11.4 Å². The summed E-state index contributed by atoms with van der Waals surface area (Å²) in [5, 5.41) is 14.3. The first-order chi connectivity index (χ1) is 11.7. The van der Waals surface area contributed by atoms with Gasteiger partial charge in [0.25, 0.3) is 5.91 Å². The number of aryl methyl sites for hydroxylation is 1. The topological polar surface area (TPSA) is 81.9 Å². The fourth-order valence-corrected chi connectivity index (χ4v) is 2.42. The Balaban J connectivity index is 1.83. The van der Waals surface area contributed by atoms with Gasteiger partial charge in [0.1, 0.15) is 5.75 Å². The molecule has 0 aliphatic carbocycles. The number of rotatable bonds is 5. The van der Waals surface area contributed by atoms with E-state index >= 15 is 0 Å². The molecular weight excluding hydrogens is 306 g/mol. The highest BCUT2D eigenvalue weighted by atomic mass is 16.5. The average molecular weight is 323 g/mol. The van der Waals surface area contributed by atoms with Crippen molar-refractivity contribution >= 4 is 5.91 Å². The van der Waals surface area contributed by atoms with Gasteiger partial charge in [0, 0.05) is 12.1 Å². The number of aromatic nitrogens is 4. The van der Waals surface area contributed by atoms with Crippen molar-refractivity contribution in [2.24, 2.45) is 0 Å². The lowest BCUT2D eigenvalue weighted by Crippen LogP contribution is -2.24. The maximum Gasteiger partial charge on any atom is 0.253 e. The fourth-order valence-electron chi connectivity index (χ4n) is 2.42. The summed E-state index contributed by atoms with van der Waals surface area (Å²) in [5.74, 6) is 1.15. The van der Waals surface area contributed by atoms with Crippen LogP contribution in [0.25, 0.3) is 5.69 Å². The van der Waals surface area contributed by atoms with Crippen molar-refractivity contribution in [1.82, 2.24) is 25.5 Å². The summed E-state index contributed by atoms with van der Waals surface area (Å²) in [4.78, 5) is 12.6. The predicted molar refractivity (Wildman–Crippen MR) is 88.1 cm³/mol. The third-order valence-electron chi connectivity index (χ3n) is 3.63. The summed E-state index contributed by atoms with van der Waals surface area (Å²) >= 11 is 0. The van der Waals surface area contributed by atoms with Gasteiger partial charge in [-0.25, -0.2) is 0 Å². The molecule has 0 saturated carbocycles. The Bertz CT molecular complexity index is 859. The number of ether oxygens (including phenoxy) is 1. The molecule has 0 aliphatic heterocycles. The minimum absolute atomic E-state index is 0.202. The molecule has 122 valence electrons. The van der Waals surface area contributed by atoms with Crippen LogP contribution >= 0.6 is 0 Å². The first-order valence-electron chi connectivity index (χ1n) is 7.45. The SMILES string of the molecule is COc1ccccc1CNC(=O)c1ccccc1-n1nnnc1C. The number of hydrogen-bond acceptors (Lipinski definition) is 5. The standard InChI is InChI=1S/C17H17N5O2/c1-12-19-20-21-22(12)15-9-5-4-8-14(15)17(23)18-11-13-7-3-6-10-16(13)24-2/h3-10H,11H2,1-2H3,(H,18,23). The zero-order valence-corrected chi connectivity index (χ0v) is 13.4. The second-order valence-electron chi connectivity index (χ2n) is 5.15. The molecule has 7 heteroatoms. The molecule has 0 bridgehead atoms. The van der Waals surface area contributed by atoms with Gasteiger partial charge in [-0.15, -0.1) is 5.10 Å². The Labute approximate surface area is 139 Å². The smallest absolute Gasteiger partial charge is 0.253 e. The third kappa shape index (κ3) is 3.10.